The van der Waals surface area contributed by atoms with E-state index in [0.717, 1.165) is 32.1 Å². The van der Waals surface area contributed by atoms with Crippen LogP contribution in [0.1, 0.15) is 18.4 Å². The molecule has 1 aliphatic heterocycles. The summed E-state index contributed by atoms with van der Waals surface area (Å²) in [6, 6.07) is 0. The first kappa shape index (κ1) is 11.9. The van der Waals surface area contributed by atoms with E-state index in [2.05, 4.69) is 5.32 Å². The van der Waals surface area contributed by atoms with Crippen LogP contribution < -0.4 is 10.1 Å². The van der Waals surface area contributed by atoms with Crippen LogP contribution >= 0.6 is 0 Å². The number of ether oxygens (including phenoxy) is 1. The van der Waals surface area contributed by atoms with E-state index in [1.807, 2.05) is 0 Å². The molecule has 18 heavy (non-hydrogen) atoms. The number of hydrogen-bond acceptors (Lipinski definition) is 2. The first-order valence-electron chi connectivity index (χ1n) is 5.99. The zero-order chi connectivity index (χ0) is 13.0. The van der Waals surface area contributed by atoms with Crippen molar-refractivity contribution in [3.8, 4) is 5.75 Å². The van der Waals surface area contributed by atoms with Crippen LogP contribution in [0, 0.1) is 5.41 Å². The fourth-order valence-corrected chi connectivity index (χ4v) is 2.80. The molecule has 1 aromatic rings. The molecule has 0 aromatic carbocycles. The molecule has 0 unspecified atom stereocenters. The third-order valence-corrected chi connectivity index (χ3v) is 3.84. The maximum Gasteiger partial charge on any atom is 0.421 e. The number of aromatic nitrogens is 1. The normalized spacial score (nSPS) is 22.7. The fourth-order valence-electron chi connectivity index (χ4n) is 2.80. The van der Waals surface area contributed by atoms with Crippen molar-refractivity contribution in [1.29, 1.82) is 0 Å². The molecule has 1 spiro atoms. The Hall–Kier alpha value is -1.17. The van der Waals surface area contributed by atoms with Crippen molar-refractivity contribution in [2.24, 2.45) is 12.5 Å². The number of aryl methyl sites for hydroxylation is 1. The van der Waals surface area contributed by atoms with Crippen molar-refractivity contribution in [2.45, 2.75) is 25.1 Å². The van der Waals surface area contributed by atoms with Gasteiger partial charge in [-0.1, -0.05) is 0 Å². The highest BCUT2D eigenvalue weighted by Gasteiger charge is 2.50. The molecule has 1 N–H and O–H groups in total. The van der Waals surface area contributed by atoms with Crippen LogP contribution in [0.15, 0.2) is 12.4 Å². The van der Waals surface area contributed by atoms with E-state index >= 15 is 0 Å². The Morgan fingerprint density at radius 3 is 2.50 bits per heavy atom. The first-order chi connectivity index (χ1) is 8.38. The molecule has 1 aliphatic carbocycles. The van der Waals surface area contributed by atoms with Crippen LogP contribution in [0.5, 0.6) is 5.75 Å². The van der Waals surface area contributed by atoms with Crippen LogP contribution in [0.25, 0.3) is 0 Å². The molecule has 2 aliphatic rings. The van der Waals surface area contributed by atoms with Gasteiger partial charge in [-0.15, -0.1) is 0 Å². The van der Waals surface area contributed by atoms with Crippen molar-refractivity contribution in [3.63, 3.8) is 0 Å². The van der Waals surface area contributed by atoms with Gasteiger partial charge in [0.1, 0.15) is 17.4 Å². The molecule has 0 bridgehead atoms. The van der Waals surface area contributed by atoms with Crippen LogP contribution in [0.3, 0.4) is 0 Å². The number of nitrogens with one attached hydrogen (secondary N) is 1. The van der Waals surface area contributed by atoms with Crippen LogP contribution in [0.2, 0.25) is 0 Å². The summed E-state index contributed by atoms with van der Waals surface area (Å²) in [6.45, 7) is 1.93. The number of alkyl halides is 3. The van der Waals surface area contributed by atoms with Gasteiger partial charge in [-0.3, -0.25) is 0 Å². The summed E-state index contributed by atoms with van der Waals surface area (Å²) in [5.41, 5.74) is -0.379. The molecular formula is C12H15F3N2O. The Kier molecular flexibility index (Phi) is 2.42. The molecule has 0 amide bonds. The molecule has 3 nitrogen and oxygen atoms in total. The van der Waals surface area contributed by atoms with Gasteiger partial charge in [0.05, 0.1) is 0 Å². The van der Waals surface area contributed by atoms with Crippen LogP contribution in [0.4, 0.5) is 13.2 Å². The Bertz CT molecular complexity index is 454. The molecule has 2 heterocycles. The van der Waals surface area contributed by atoms with E-state index < -0.39 is 11.7 Å². The van der Waals surface area contributed by atoms with E-state index in [1.165, 1.54) is 10.8 Å². The second-order valence-electron chi connectivity index (χ2n) is 5.45. The minimum atomic E-state index is -4.35. The van der Waals surface area contributed by atoms with Gasteiger partial charge >= 0.3 is 6.18 Å². The summed E-state index contributed by atoms with van der Waals surface area (Å²) in [6.07, 6.45) is -0.258. The quantitative estimate of drug-likeness (QED) is 0.882. The van der Waals surface area contributed by atoms with E-state index in [0.29, 0.717) is 5.41 Å². The van der Waals surface area contributed by atoms with Crippen LogP contribution in [-0.4, -0.2) is 23.8 Å². The lowest BCUT2D eigenvalue weighted by molar-refractivity contribution is -0.140. The predicted molar refractivity (Wildman–Crippen MR) is 59.4 cm³/mol. The van der Waals surface area contributed by atoms with Gasteiger partial charge in [0.2, 0.25) is 0 Å². The van der Waals surface area contributed by atoms with E-state index in [-0.39, 0.29) is 11.9 Å². The first-order valence-corrected chi connectivity index (χ1v) is 5.99. The van der Waals surface area contributed by atoms with Gasteiger partial charge in [-0.2, -0.15) is 13.2 Å². The minimum Gasteiger partial charge on any atom is -0.488 e. The average Bonchev–Trinajstić information content (AvgIpc) is 2.48. The highest BCUT2D eigenvalue weighted by molar-refractivity contribution is 5.34. The number of hydrogen-bond donors (Lipinski definition) is 1. The molecule has 2 fully saturated rings. The smallest absolute Gasteiger partial charge is 0.421 e. The average molecular weight is 260 g/mol. The summed E-state index contributed by atoms with van der Waals surface area (Å²) in [5.74, 6) is -0.0443. The van der Waals surface area contributed by atoms with E-state index in [1.54, 1.807) is 7.05 Å². The van der Waals surface area contributed by atoms with Gasteiger partial charge in [0, 0.05) is 37.9 Å². The van der Waals surface area contributed by atoms with E-state index in [4.69, 9.17) is 4.74 Å². The summed E-state index contributed by atoms with van der Waals surface area (Å²) in [7, 11) is 1.57. The molecule has 0 atom stereocenters. The predicted octanol–water partition coefficient (Wildman–Crippen LogP) is 2.17. The SMILES string of the molecule is Cn1cc(OC2CC3(CNC3)C2)c(C(F)(F)F)c1. The maximum atomic E-state index is 12.8. The zero-order valence-corrected chi connectivity index (χ0v) is 10.0. The second kappa shape index (κ2) is 3.66. The summed E-state index contributed by atoms with van der Waals surface area (Å²) >= 11 is 0. The molecule has 3 rings (SSSR count). The van der Waals surface area contributed by atoms with Crippen molar-refractivity contribution in [1.82, 2.24) is 9.88 Å². The van der Waals surface area contributed by atoms with Crippen molar-refractivity contribution in [2.75, 3.05) is 13.1 Å². The van der Waals surface area contributed by atoms with Gasteiger partial charge in [-0.05, 0) is 12.8 Å². The standard InChI is InChI=1S/C12H15F3N2O/c1-17-4-9(12(13,14)15)10(5-17)18-8-2-11(3-8)6-16-7-11/h4-5,8,16H,2-3,6-7H2,1H3. The third kappa shape index (κ3) is 1.88. The lowest BCUT2D eigenvalue weighted by Gasteiger charge is -2.53. The Balaban J connectivity index is 1.69. The molecule has 1 saturated carbocycles. The highest BCUT2D eigenvalue weighted by atomic mass is 19.4. The molecular weight excluding hydrogens is 245 g/mol. The monoisotopic (exact) mass is 260 g/mol. The Labute approximate surface area is 103 Å². The van der Waals surface area contributed by atoms with Gasteiger partial charge in [0.15, 0.2) is 0 Å². The third-order valence-electron chi connectivity index (χ3n) is 3.84. The number of rotatable bonds is 2. The summed E-state index contributed by atoms with van der Waals surface area (Å²) in [5, 5.41) is 3.19. The lowest BCUT2D eigenvalue weighted by Crippen LogP contribution is -2.62. The second-order valence-corrected chi connectivity index (χ2v) is 5.45. The zero-order valence-electron chi connectivity index (χ0n) is 10.0. The van der Waals surface area contributed by atoms with Gasteiger partial charge in [0.25, 0.3) is 0 Å². The molecule has 1 aromatic heterocycles. The molecule has 6 heteroatoms. The molecule has 0 radical (unpaired) electrons. The number of halogens is 3. The lowest BCUT2D eigenvalue weighted by atomic mass is 9.63. The van der Waals surface area contributed by atoms with Gasteiger partial charge < -0.3 is 14.6 Å². The topological polar surface area (TPSA) is 26.2 Å². The highest BCUT2D eigenvalue weighted by Crippen LogP contribution is 2.47. The van der Waals surface area contributed by atoms with Crippen LogP contribution in [-0.2, 0) is 13.2 Å². The summed E-state index contributed by atoms with van der Waals surface area (Å²) in [4.78, 5) is 0. The Morgan fingerprint density at radius 1 is 1.33 bits per heavy atom. The maximum absolute atomic E-state index is 12.8. The Morgan fingerprint density at radius 2 is 2.00 bits per heavy atom. The minimum absolute atomic E-state index is 0.0443. The number of nitrogens with zero attached hydrogens (tertiary/aromatic N) is 1. The summed E-state index contributed by atoms with van der Waals surface area (Å²) < 4.78 is 45.2. The van der Waals surface area contributed by atoms with E-state index in [9.17, 15) is 13.2 Å². The fraction of sp³-hybridized carbons (Fsp3) is 0.667. The molecule has 100 valence electrons. The van der Waals surface area contributed by atoms with Crippen molar-refractivity contribution < 1.29 is 17.9 Å². The van der Waals surface area contributed by atoms with Gasteiger partial charge in [-0.25, -0.2) is 0 Å². The van der Waals surface area contributed by atoms with Crippen molar-refractivity contribution in [3.05, 3.63) is 18.0 Å². The molecule has 1 saturated heterocycles. The van der Waals surface area contributed by atoms with Crippen molar-refractivity contribution >= 4 is 0 Å². The largest absolute Gasteiger partial charge is 0.488 e.